The van der Waals surface area contributed by atoms with Crippen LogP contribution in [0.5, 0.6) is 23.0 Å². The van der Waals surface area contributed by atoms with Crippen molar-refractivity contribution in [3.63, 3.8) is 0 Å². The highest BCUT2D eigenvalue weighted by atomic mass is 19.4. The third-order valence-corrected chi connectivity index (χ3v) is 6.66. The molecule has 246 valence electrons. The minimum absolute atomic E-state index is 0.492. The van der Waals surface area contributed by atoms with Gasteiger partial charge in [-0.25, -0.2) is 4.79 Å². The number of ether oxygens (including phenoxy) is 4. The van der Waals surface area contributed by atoms with Crippen LogP contribution >= 0.6 is 0 Å². The van der Waals surface area contributed by atoms with Crippen molar-refractivity contribution < 1.29 is 42.0 Å². The molecule has 4 aromatic rings. The van der Waals surface area contributed by atoms with E-state index in [2.05, 4.69) is 29.2 Å². The van der Waals surface area contributed by atoms with Crippen LogP contribution in [0.4, 0.5) is 13.2 Å². The molecule has 0 heterocycles. The zero-order chi connectivity index (χ0) is 33.4. The number of benzene rings is 4. The zero-order valence-electron chi connectivity index (χ0n) is 25.8. The molecule has 0 atom stereocenters. The van der Waals surface area contributed by atoms with Crippen LogP contribution in [-0.4, -0.2) is 49.5 Å². The molecule has 0 saturated carbocycles. The van der Waals surface area contributed by atoms with Gasteiger partial charge in [0.1, 0.15) is 13.2 Å². The van der Waals surface area contributed by atoms with Crippen molar-refractivity contribution >= 4 is 5.97 Å². The lowest BCUT2D eigenvalue weighted by molar-refractivity contribution is -0.192. The van der Waals surface area contributed by atoms with Crippen molar-refractivity contribution in [3.05, 3.63) is 119 Å². The fraction of sp³-hybridized carbons (Fsp3) is 0.286. The van der Waals surface area contributed by atoms with E-state index in [9.17, 15) is 13.2 Å². The Morgan fingerprint density at radius 1 is 0.696 bits per heavy atom. The Kier molecular flexibility index (Phi) is 14.2. The molecule has 0 amide bonds. The van der Waals surface area contributed by atoms with E-state index in [1.165, 1.54) is 0 Å². The van der Waals surface area contributed by atoms with Gasteiger partial charge in [0.2, 0.25) is 0 Å². The monoisotopic (exact) mass is 640 g/mol. The van der Waals surface area contributed by atoms with Gasteiger partial charge in [0.05, 0.1) is 14.2 Å². The van der Waals surface area contributed by atoms with Gasteiger partial charge in [0.15, 0.2) is 23.0 Å². The number of rotatable bonds is 15. The number of carboxylic acids is 1. The number of carboxylic acid groups (broad SMARTS) is 1. The first-order chi connectivity index (χ1) is 22.1. The SMILES string of the molecule is COc1cc(CN(CCCN)Cc2ccc(OCc3ccccc3)c(OC)c2)ccc1OCc1ccccc1.O=C(O)C(F)(F)F. The third kappa shape index (κ3) is 12.0. The number of carbonyl (C=O) groups is 1. The number of hydrogen-bond donors (Lipinski definition) is 2. The summed E-state index contributed by atoms with van der Waals surface area (Å²) in [4.78, 5) is 11.3. The summed E-state index contributed by atoms with van der Waals surface area (Å²) in [6.07, 6.45) is -4.18. The van der Waals surface area contributed by atoms with Crippen LogP contribution in [0.1, 0.15) is 28.7 Å². The lowest BCUT2D eigenvalue weighted by atomic mass is 10.1. The molecule has 0 spiro atoms. The van der Waals surface area contributed by atoms with Gasteiger partial charge in [0.25, 0.3) is 0 Å². The van der Waals surface area contributed by atoms with Crippen molar-refractivity contribution in [1.29, 1.82) is 0 Å². The molecule has 0 aromatic heterocycles. The smallest absolute Gasteiger partial charge is 0.490 e. The number of aliphatic carboxylic acids is 1. The molecule has 0 aliphatic rings. The summed E-state index contributed by atoms with van der Waals surface area (Å²) in [6, 6.07) is 32.5. The first kappa shape index (κ1) is 35.7. The molecule has 3 N–H and O–H groups in total. The van der Waals surface area contributed by atoms with E-state index in [0.717, 1.165) is 71.3 Å². The molecule has 0 saturated heterocycles. The minimum atomic E-state index is -5.08. The second-order valence-electron chi connectivity index (χ2n) is 10.2. The molecule has 4 rings (SSSR count). The number of halogens is 3. The number of methoxy groups -OCH3 is 2. The largest absolute Gasteiger partial charge is 0.493 e. The van der Waals surface area contributed by atoms with Gasteiger partial charge in [-0.3, -0.25) is 4.90 Å². The molecule has 0 aliphatic carbocycles. The molecule has 8 nitrogen and oxygen atoms in total. The fourth-order valence-electron chi connectivity index (χ4n) is 4.38. The van der Waals surface area contributed by atoms with E-state index < -0.39 is 12.1 Å². The molecular formula is C35H39F3N2O6. The quantitative estimate of drug-likeness (QED) is 0.146. The van der Waals surface area contributed by atoms with Crippen LogP contribution in [0.2, 0.25) is 0 Å². The minimum Gasteiger partial charge on any atom is -0.493 e. The van der Waals surface area contributed by atoms with Crippen molar-refractivity contribution in [2.75, 3.05) is 27.3 Å². The van der Waals surface area contributed by atoms with Gasteiger partial charge in [-0.05, 0) is 59.5 Å². The Labute approximate surface area is 267 Å². The van der Waals surface area contributed by atoms with Crippen molar-refractivity contribution in [3.8, 4) is 23.0 Å². The number of hydrogen-bond acceptors (Lipinski definition) is 7. The average Bonchev–Trinajstić information content (AvgIpc) is 3.06. The highest BCUT2D eigenvalue weighted by Gasteiger charge is 2.38. The first-order valence-corrected chi connectivity index (χ1v) is 14.5. The van der Waals surface area contributed by atoms with E-state index in [0.29, 0.717) is 19.8 Å². The van der Waals surface area contributed by atoms with Crippen LogP contribution < -0.4 is 24.7 Å². The van der Waals surface area contributed by atoms with Crippen LogP contribution in [0, 0.1) is 0 Å². The zero-order valence-corrected chi connectivity index (χ0v) is 25.8. The second kappa shape index (κ2) is 18.3. The van der Waals surface area contributed by atoms with Gasteiger partial charge in [-0.1, -0.05) is 72.8 Å². The number of nitrogens with zero attached hydrogens (tertiary/aromatic N) is 1. The number of nitrogens with two attached hydrogens (primary N) is 1. The van der Waals surface area contributed by atoms with E-state index in [1.54, 1.807) is 14.2 Å². The van der Waals surface area contributed by atoms with Crippen molar-refractivity contribution in [2.24, 2.45) is 5.73 Å². The first-order valence-electron chi connectivity index (χ1n) is 14.5. The summed E-state index contributed by atoms with van der Waals surface area (Å²) in [5.41, 5.74) is 10.4. The predicted octanol–water partition coefficient (Wildman–Crippen LogP) is 6.85. The summed E-state index contributed by atoms with van der Waals surface area (Å²) < 4.78 is 55.1. The molecule has 0 radical (unpaired) electrons. The van der Waals surface area contributed by atoms with E-state index >= 15 is 0 Å². The van der Waals surface area contributed by atoms with Crippen LogP contribution in [-0.2, 0) is 31.1 Å². The van der Waals surface area contributed by atoms with E-state index in [1.807, 2.05) is 72.8 Å². The Morgan fingerprint density at radius 2 is 1.11 bits per heavy atom. The summed E-state index contributed by atoms with van der Waals surface area (Å²) in [6.45, 7) is 4.01. The Morgan fingerprint density at radius 3 is 1.46 bits per heavy atom. The van der Waals surface area contributed by atoms with Crippen LogP contribution in [0.25, 0.3) is 0 Å². The van der Waals surface area contributed by atoms with Gasteiger partial charge >= 0.3 is 12.1 Å². The average molecular weight is 641 g/mol. The van der Waals surface area contributed by atoms with Crippen molar-refractivity contribution in [2.45, 2.75) is 38.9 Å². The Hall–Kier alpha value is -4.74. The number of alkyl halides is 3. The van der Waals surface area contributed by atoms with Crippen molar-refractivity contribution in [1.82, 2.24) is 4.90 Å². The maximum atomic E-state index is 10.6. The predicted molar refractivity (Wildman–Crippen MR) is 169 cm³/mol. The van der Waals surface area contributed by atoms with Gasteiger partial charge in [-0.2, -0.15) is 13.2 Å². The molecule has 0 bridgehead atoms. The molecular weight excluding hydrogens is 601 g/mol. The molecule has 11 heteroatoms. The molecule has 4 aromatic carbocycles. The van der Waals surface area contributed by atoms with Gasteiger partial charge in [-0.15, -0.1) is 0 Å². The topological polar surface area (TPSA) is 103 Å². The summed E-state index contributed by atoms with van der Waals surface area (Å²) >= 11 is 0. The normalized spacial score (nSPS) is 10.9. The third-order valence-electron chi connectivity index (χ3n) is 6.66. The molecule has 0 fully saturated rings. The lowest BCUT2D eigenvalue weighted by Crippen LogP contribution is -2.25. The summed E-state index contributed by atoms with van der Waals surface area (Å²) in [7, 11) is 3.35. The maximum absolute atomic E-state index is 10.6. The molecule has 46 heavy (non-hydrogen) atoms. The van der Waals surface area contributed by atoms with Crippen LogP contribution in [0.3, 0.4) is 0 Å². The lowest BCUT2D eigenvalue weighted by Gasteiger charge is -2.23. The fourth-order valence-corrected chi connectivity index (χ4v) is 4.38. The standard InChI is InChI=1S/C33H38N2O4.C2HF3O2/c1-36-32-20-28(14-16-30(32)38-24-26-10-5-3-6-11-26)22-35(19-9-18-34)23-29-15-17-31(33(21-29)37-2)39-25-27-12-7-4-8-13-27;3-2(4,5)1(6)7/h3-8,10-17,20-21H,9,18-19,22-25,34H2,1-2H3;(H,6,7). The molecule has 0 unspecified atom stereocenters. The highest BCUT2D eigenvalue weighted by Crippen LogP contribution is 2.31. The van der Waals surface area contributed by atoms with E-state index in [-0.39, 0.29) is 0 Å². The molecule has 0 aliphatic heterocycles. The highest BCUT2D eigenvalue weighted by molar-refractivity contribution is 5.73. The maximum Gasteiger partial charge on any atom is 0.490 e. The van der Waals surface area contributed by atoms with E-state index in [4.69, 9.17) is 34.6 Å². The summed E-state index contributed by atoms with van der Waals surface area (Å²) in [5, 5.41) is 7.12. The Balaban J connectivity index is 0.000000738. The van der Waals surface area contributed by atoms with Crippen LogP contribution in [0.15, 0.2) is 97.1 Å². The second-order valence-corrected chi connectivity index (χ2v) is 10.2. The summed E-state index contributed by atoms with van der Waals surface area (Å²) in [5.74, 6) is 0.156. The van der Waals surface area contributed by atoms with Gasteiger partial charge in [0, 0.05) is 19.6 Å². The Bertz CT molecular complexity index is 1390. The van der Waals surface area contributed by atoms with Gasteiger partial charge < -0.3 is 29.8 Å².